The molecule has 110 valence electrons. The molecule has 0 bridgehead atoms. The predicted molar refractivity (Wildman–Crippen MR) is 71.9 cm³/mol. The number of hydrogen-bond donors (Lipinski definition) is 2. The van der Waals surface area contributed by atoms with Gasteiger partial charge in [0.1, 0.15) is 17.6 Å². The first-order chi connectivity index (χ1) is 9.63. The van der Waals surface area contributed by atoms with E-state index in [1.807, 2.05) is 4.90 Å². The lowest BCUT2D eigenvalue weighted by molar-refractivity contribution is -0.150. The normalized spacial score (nSPS) is 17.7. The number of ether oxygens (including phenoxy) is 1. The first-order valence-electron chi connectivity index (χ1n) is 6.73. The highest BCUT2D eigenvalue weighted by molar-refractivity contribution is 5.78. The summed E-state index contributed by atoms with van der Waals surface area (Å²) in [6, 6.07) is 2.85. The summed E-state index contributed by atoms with van der Waals surface area (Å²) in [5.74, 6) is -1.04. The summed E-state index contributed by atoms with van der Waals surface area (Å²) in [5.41, 5.74) is 0.255. The first kappa shape index (κ1) is 14.7. The summed E-state index contributed by atoms with van der Waals surface area (Å²) in [4.78, 5) is 14.1. The Morgan fingerprint density at radius 3 is 2.85 bits per heavy atom. The van der Waals surface area contributed by atoms with Crippen LogP contribution < -0.4 is 5.32 Å². The van der Waals surface area contributed by atoms with Crippen LogP contribution in [-0.4, -0.2) is 48.8 Å². The van der Waals surface area contributed by atoms with Gasteiger partial charge in [-0.25, -0.2) is 9.18 Å². The van der Waals surface area contributed by atoms with Crippen LogP contribution in [0.25, 0.3) is 0 Å². The van der Waals surface area contributed by atoms with Crippen molar-refractivity contribution in [2.75, 3.05) is 32.8 Å². The molecule has 2 rings (SSSR count). The number of phenolic OH excluding ortho intramolecular Hbond substituents is 1. The van der Waals surface area contributed by atoms with Gasteiger partial charge in [0.15, 0.2) is 0 Å². The largest absolute Gasteiger partial charge is 0.508 e. The van der Waals surface area contributed by atoms with Gasteiger partial charge in [-0.1, -0.05) is 0 Å². The zero-order valence-electron chi connectivity index (χ0n) is 11.4. The molecule has 2 N–H and O–H groups in total. The second-order valence-corrected chi connectivity index (χ2v) is 4.64. The molecular formula is C14H19FN2O3. The van der Waals surface area contributed by atoms with E-state index in [0.29, 0.717) is 13.1 Å². The molecule has 1 fully saturated rings. The van der Waals surface area contributed by atoms with Gasteiger partial charge in [-0.3, -0.25) is 4.90 Å². The van der Waals surface area contributed by atoms with Crippen molar-refractivity contribution in [1.82, 2.24) is 10.2 Å². The second kappa shape index (κ2) is 6.67. The number of aromatic hydroxyl groups is 1. The van der Waals surface area contributed by atoms with E-state index in [1.165, 1.54) is 18.2 Å². The Morgan fingerprint density at radius 1 is 1.50 bits per heavy atom. The fourth-order valence-electron chi connectivity index (χ4n) is 2.38. The number of carbonyl (C=O) groups excluding carboxylic acids is 1. The maximum Gasteiger partial charge on any atom is 0.328 e. The smallest absolute Gasteiger partial charge is 0.328 e. The Bertz CT molecular complexity index is 475. The van der Waals surface area contributed by atoms with Crippen LogP contribution in [0.3, 0.4) is 0 Å². The molecule has 20 heavy (non-hydrogen) atoms. The average Bonchev–Trinajstić information content (AvgIpc) is 2.44. The monoisotopic (exact) mass is 282 g/mol. The molecule has 0 radical (unpaired) electrons. The van der Waals surface area contributed by atoms with E-state index in [0.717, 1.165) is 13.1 Å². The van der Waals surface area contributed by atoms with Gasteiger partial charge in [-0.2, -0.15) is 0 Å². The highest BCUT2D eigenvalue weighted by Gasteiger charge is 2.32. The minimum Gasteiger partial charge on any atom is -0.508 e. The molecule has 1 aromatic rings. The molecule has 0 aromatic heterocycles. The van der Waals surface area contributed by atoms with Gasteiger partial charge < -0.3 is 15.2 Å². The van der Waals surface area contributed by atoms with Gasteiger partial charge in [0.2, 0.25) is 0 Å². The van der Waals surface area contributed by atoms with E-state index >= 15 is 0 Å². The molecule has 1 aromatic carbocycles. The van der Waals surface area contributed by atoms with Crippen LogP contribution in [0.4, 0.5) is 4.39 Å². The third-order valence-electron chi connectivity index (χ3n) is 3.31. The van der Waals surface area contributed by atoms with Crippen LogP contribution in [0.1, 0.15) is 18.5 Å². The Morgan fingerprint density at radius 2 is 2.20 bits per heavy atom. The summed E-state index contributed by atoms with van der Waals surface area (Å²) in [7, 11) is 0. The summed E-state index contributed by atoms with van der Waals surface area (Å²) < 4.78 is 18.5. The zero-order chi connectivity index (χ0) is 14.5. The van der Waals surface area contributed by atoms with Crippen molar-refractivity contribution in [2.24, 2.45) is 0 Å². The molecule has 0 spiro atoms. The van der Waals surface area contributed by atoms with Crippen molar-refractivity contribution in [1.29, 1.82) is 0 Å². The molecule has 1 aliphatic heterocycles. The summed E-state index contributed by atoms with van der Waals surface area (Å²) in [6.45, 7) is 4.73. The standard InChI is InChI=1S/C14H19FN2O3/c1-2-20-14(19)13(17-7-5-16-6-8-17)11-9-10(15)3-4-12(11)18/h3-4,9,13,16,18H,2,5-8H2,1H3. The Hall–Kier alpha value is -1.66. The SMILES string of the molecule is CCOC(=O)C(c1cc(F)ccc1O)N1CCNCC1. The van der Waals surface area contributed by atoms with Gasteiger partial charge in [0.05, 0.1) is 6.61 Å². The topological polar surface area (TPSA) is 61.8 Å². The molecule has 1 aliphatic rings. The molecule has 6 heteroatoms. The fraction of sp³-hybridized carbons (Fsp3) is 0.500. The second-order valence-electron chi connectivity index (χ2n) is 4.64. The number of halogens is 1. The van der Waals surface area contributed by atoms with Crippen LogP contribution in [0.2, 0.25) is 0 Å². The van der Waals surface area contributed by atoms with E-state index in [4.69, 9.17) is 4.74 Å². The summed E-state index contributed by atoms with van der Waals surface area (Å²) in [5, 5.41) is 13.1. The number of esters is 1. The van der Waals surface area contributed by atoms with Crippen molar-refractivity contribution >= 4 is 5.97 Å². The predicted octanol–water partition coefficient (Wildman–Crippen LogP) is 1.04. The molecule has 0 amide bonds. The van der Waals surface area contributed by atoms with Crippen LogP contribution in [0.15, 0.2) is 18.2 Å². The summed E-state index contributed by atoms with van der Waals surface area (Å²) in [6.07, 6.45) is 0. The Kier molecular flexibility index (Phi) is 4.92. The lowest BCUT2D eigenvalue weighted by atomic mass is 10.0. The number of nitrogens with zero attached hydrogens (tertiary/aromatic N) is 1. The van der Waals surface area contributed by atoms with Gasteiger partial charge >= 0.3 is 5.97 Å². The van der Waals surface area contributed by atoms with Crippen molar-refractivity contribution in [2.45, 2.75) is 13.0 Å². The lowest BCUT2D eigenvalue weighted by Gasteiger charge is -2.33. The van der Waals surface area contributed by atoms with E-state index < -0.39 is 17.8 Å². The van der Waals surface area contributed by atoms with E-state index in [-0.39, 0.29) is 17.9 Å². The highest BCUT2D eigenvalue weighted by atomic mass is 19.1. The van der Waals surface area contributed by atoms with E-state index in [9.17, 15) is 14.3 Å². The Labute approximate surface area is 117 Å². The number of piperazine rings is 1. The molecule has 1 atom stereocenters. The number of rotatable bonds is 4. The van der Waals surface area contributed by atoms with Crippen molar-refractivity contribution in [3.63, 3.8) is 0 Å². The number of hydrogen-bond acceptors (Lipinski definition) is 5. The highest BCUT2D eigenvalue weighted by Crippen LogP contribution is 2.30. The van der Waals surface area contributed by atoms with Crippen LogP contribution in [0.5, 0.6) is 5.75 Å². The van der Waals surface area contributed by atoms with Gasteiger partial charge in [0.25, 0.3) is 0 Å². The number of carbonyl (C=O) groups is 1. The molecule has 1 unspecified atom stereocenters. The quantitative estimate of drug-likeness (QED) is 0.808. The van der Waals surface area contributed by atoms with Crippen LogP contribution in [-0.2, 0) is 9.53 Å². The van der Waals surface area contributed by atoms with Gasteiger partial charge in [-0.15, -0.1) is 0 Å². The maximum atomic E-state index is 13.4. The zero-order valence-corrected chi connectivity index (χ0v) is 11.4. The van der Waals surface area contributed by atoms with E-state index in [2.05, 4.69) is 5.32 Å². The maximum absolute atomic E-state index is 13.4. The molecule has 5 nitrogen and oxygen atoms in total. The number of benzene rings is 1. The molecule has 0 saturated carbocycles. The number of nitrogens with one attached hydrogen (secondary N) is 1. The van der Waals surface area contributed by atoms with Crippen LogP contribution in [0, 0.1) is 5.82 Å². The minimum atomic E-state index is -0.771. The third-order valence-corrected chi connectivity index (χ3v) is 3.31. The Balaban J connectivity index is 2.34. The van der Waals surface area contributed by atoms with Crippen molar-refractivity contribution in [3.8, 4) is 5.75 Å². The van der Waals surface area contributed by atoms with Crippen molar-refractivity contribution in [3.05, 3.63) is 29.6 Å². The summed E-state index contributed by atoms with van der Waals surface area (Å²) >= 11 is 0. The molecule has 1 heterocycles. The van der Waals surface area contributed by atoms with Gasteiger partial charge in [-0.05, 0) is 25.1 Å². The molecule has 1 saturated heterocycles. The minimum absolute atomic E-state index is 0.0945. The molecular weight excluding hydrogens is 263 g/mol. The van der Waals surface area contributed by atoms with Crippen molar-refractivity contribution < 1.29 is 19.0 Å². The lowest BCUT2D eigenvalue weighted by Crippen LogP contribution is -2.47. The first-order valence-corrected chi connectivity index (χ1v) is 6.73. The fourth-order valence-corrected chi connectivity index (χ4v) is 2.38. The average molecular weight is 282 g/mol. The van der Waals surface area contributed by atoms with Crippen LogP contribution >= 0.6 is 0 Å². The third kappa shape index (κ3) is 3.26. The number of phenols is 1. The van der Waals surface area contributed by atoms with E-state index in [1.54, 1.807) is 6.92 Å². The molecule has 0 aliphatic carbocycles. The van der Waals surface area contributed by atoms with Gasteiger partial charge in [0, 0.05) is 31.7 Å².